The van der Waals surface area contributed by atoms with Crippen molar-refractivity contribution in [2.75, 3.05) is 24.6 Å². The summed E-state index contributed by atoms with van der Waals surface area (Å²) in [7, 11) is 0. The van der Waals surface area contributed by atoms with E-state index in [-0.39, 0.29) is 24.3 Å². The highest BCUT2D eigenvalue weighted by molar-refractivity contribution is 6.22. The number of likely N-dealkylation sites (tertiary alicyclic amines) is 1. The lowest BCUT2D eigenvalue weighted by molar-refractivity contribution is -0.123. The molecule has 2 aromatic carbocycles. The Balaban J connectivity index is 1.27. The fourth-order valence-electron chi connectivity index (χ4n) is 4.88. The number of anilines is 1. The van der Waals surface area contributed by atoms with Gasteiger partial charge in [-0.05, 0) is 80.9 Å². The summed E-state index contributed by atoms with van der Waals surface area (Å²) in [5.74, 6) is 1.29. The molecule has 0 aromatic heterocycles. The minimum Gasteiger partial charge on any atom is -0.494 e. The number of rotatable bonds is 9. The van der Waals surface area contributed by atoms with Crippen molar-refractivity contribution in [1.82, 2.24) is 4.90 Å². The fraction of sp³-hybridized carbons (Fsp3) is 0.481. The van der Waals surface area contributed by atoms with E-state index in [0.717, 1.165) is 44.5 Å². The van der Waals surface area contributed by atoms with E-state index < -0.39 is 0 Å². The summed E-state index contributed by atoms with van der Waals surface area (Å²) in [5, 5.41) is 0. The third kappa shape index (κ3) is 5.39. The molecule has 2 fully saturated rings. The average Bonchev–Trinajstić information content (AvgIpc) is 3.13. The lowest BCUT2D eigenvalue weighted by atomic mass is 9.90. The van der Waals surface area contributed by atoms with Crippen LogP contribution in [0.15, 0.2) is 54.6 Å². The van der Waals surface area contributed by atoms with Gasteiger partial charge >= 0.3 is 0 Å². The second-order valence-electron chi connectivity index (χ2n) is 8.99. The standard InChI is InChI=1S/C27H34N2O3/c1-2-19-32-24-13-11-23(12-14-24)29-26(30)20-25(27(29)31)28-17-15-22(16-18-28)10-6-9-21-7-4-3-5-8-21/h3-5,7-8,11-14,22,25H,2,6,9-10,15-20H2,1H3/t25-/m0/s1. The van der Waals surface area contributed by atoms with Gasteiger partial charge in [0.15, 0.2) is 0 Å². The van der Waals surface area contributed by atoms with Crippen LogP contribution in [0.3, 0.4) is 0 Å². The Morgan fingerprint density at radius 3 is 2.38 bits per heavy atom. The third-order valence-electron chi connectivity index (χ3n) is 6.70. The van der Waals surface area contributed by atoms with Crippen LogP contribution in [0.4, 0.5) is 5.69 Å². The van der Waals surface area contributed by atoms with Gasteiger partial charge in [0.05, 0.1) is 24.8 Å². The first-order valence-electron chi connectivity index (χ1n) is 12.0. The molecule has 0 N–H and O–H groups in total. The molecule has 32 heavy (non-hydrogen) atoms. The number of carbonyl (C=O) groups is 2. The molecule has 2 aliphatic rings. The zero-order valence-electron chi connectivity index (χ0n) is 19.0. The Hall–Kier alpha value is -2.66. The van der Waals surface area contributed by atoms with E-state index in [4.69, 9.17) is 4.74 Å². The molecule has 2 amide bonds. The number of nitrogens with zero attached hydrogens (tertiary/aromatic N) is 2. The number of amides is 2. The maximum absolute atomic E-state index is 13.1. The van der Waals surface area contributed by atoms with Gasteiger partial charge in [-0.1, -0.05) is 43.7 Å². The zero-order valence-corrected chi connectivity index (χ0v) is 19.0. The van der Waals surface area contributed by atoms with Crippen LogP contribution in [0.2, 0.25) is 0 Å². The molecular formula is C27H34N2O3. The minimum absolute atomic E-state index is 0.0836. The highest BCUT2D eigenvalue weighted by Crippen LogP contribution is 2.31. The summed E-state index contributed by atoms with van der Waals surface area (Å²) >= 11 is 0. The summed E-state index contributed by atoms with van der Waals surface area (Å²) in [6.45, 7) is 4.52. The summed E-state index contributed by atoms with van der Waals surface area (Å²) < 4.78 is 5.61. The molecule has 0 radical (unpaired) electrons. The van der Waals surface area contributed by atoms with Crippen LogP contribution < -0.4 is 9.64 Å². The minimum atomic E-state index is -0.316. The Morgan fingerprint density at radius 2 is 1.69 bits per heavy atom. The average molecular weight is 435 g/mol. The van der Waals surface area contributed by atoms with Crippen LogP contribution >= 0.6 is 0 Å². The topological polar surface area (TPSA) is 49.9 Å². The maximum Gasteiger partial charge on any atom is 0.251 e. The first kappa shape index (κ1) is 22.5. The third-order valence-corrected chi connectivity index (χ3v) is 6.70. The number of hydrogen-bond donors (Lipinski definition) is 0. The largest absolute Gasteiger partial charge is 0.494 e. The number of hydrogen-bond acceptors (Lipinski definition) is 4. The normalized spacial score (nSPS) is 20.2. The van der Waals surface area contributed by atoms with Gasteiger partial charge in [-0.25, -0.2) is 4.90 Å². The van der Waals surface area contributed by atoms with Crippen molar-refractivity contribution in [3.63, 3.8) is 0 Å². The molecule has 0 saturated carbocycles. The van der Waals surface area contributed by atoms with E-state index in [2.05, 4.69) is 42.2 Å². The Morgan fingerprint density at radius 1 is 0.969 bits per heavy atom. The Labute approximate surface area is 191 Å². The molecule has 5 nitrogen and oxygen atoms in total. The van der Waals surface area contributed by atoms with Gasteiger partial charge in [-0.3, -0.25) is 14.5 Å². The van der Waals surface area contributed by atoms with E-state index in [1.165, 1.54) is 23.3 Å². The second-order valence-corrected chi connectivity index (χ2v) is 8.99. The van der Waals surface area contributed by atoms with Crippen LogP contribution in [-0.2, 0) is 16.0 Å². The summed E-state index contributed by atoms with van der Waals surface area (Å²) in [4.78, 5) is 29.4. The fourth-order valence-corrected chi connectivity index (χ4v) is 4.88. The van der Waals surface area contributed by atoms with Gasteiger partial charge in [0.25, 0.3) is 5.91 Å². The Bertz CT molecular complexity index is 889. The number of aryl methyl sites for hydroxylation is 1. The number of ether oxygens (including phenoxy) is 1. The molecular weight excluding hydrogens is 400 g/mol. The molecule has 5 heteroatoms. The van der Waals surface area contributed by atoms with E-state index >= 15 is 0 Å². The second kappa shape index (κ2) is 10.8. The predicted octanol–water partition coefficient (Wildman–Crippen LogP) is 4.84. The molecule has 1 atom stereocenters. The lowest BCUT2D eigenvalue weighted by Gasteiger charge is -2.34. The van der Waals surface area contributed by atoms with Gasteiger partial charge < -0.3 is 4.74 Å². The summed E-state index contributed by atoms with van der Waals surface area (Å²) in [6.07, 6.45) is 7.02. The molecule has 0 spiro atoms. The Kier molecular flexibility index (Phi) is 7.59. The molecule has 2 heterocycles. The number of piperidine rings is 1. The molecule has 2 saturated heterocycles. The van der Waals surface area contributed by atoms with Gasteiger partial charge in [-0.2, -0.15) is 0 Å². The monoisotopic (exact) mass is 434 g/mol. The first-order valence-corrected chi connectivity index (χ1v) is 12.0. The number of benzene rings is 2. The van der Waals surface area contributed by atoms with E-state index in [1.807, 2.05) is 24.3 Å². The lowest BCUT2D eigenvalue weighted by Crippen LogP contribution is -2.46. The SMILES string of the molecule is CCCOc1ccc(N2C(=O)C[C@H](N3CCC(CCCc4ccccc4)CC3)C2=O)cc1. The number of imide groups is 1. The molecule has 0 unspecified atom stereocenters. The van der Waals surface area contributed by atoms with Crippen molar-refractivity contribution in [3.8, 4) is 5.75 Å². The van der Waals surface area contributed by atoms with Crippen LogP contribution in [-0.4, -0.2) is 42.5 Å². The van der Waals surface area contributed by atoms with Crippen molar-refractivity contribution >= 4 is 17.5 Å². The van der Waals surface area contributed by atoms with E-state index in [9.17, 15) is 9.59 Å². The van der Waals surface area contributed by atoms with Crippen molar-refractivity contribution in [3.05, 3.63) is 60.2 Å². The van der Waals surface area contributed by atoms with Crippen LogP contribution in [0, 0.1) is 5.92 Å². The molecule has 4 rings (SSSR count). The molecule has 170 valence electrons. The smallest absolute Gasteiger partial charge is 0.251 e. The quantitative estimate of drug-likeness (QED) is 0.530. The van der Waals surface area contributed by atoms with E-state index in [1.54, 1.807) is 0 Å². The molecule has 2 aliphatic heterocycles. The van der Waals surface area contributed by atoms with E-state index in [0.29, 0.717) is 18.2 Å². The van der Waals surface area contributed by atoms with Crippen LogP contribution in [0.1, 0.15) is 51.0 Å². The molecule has 2 aromatic rings. The van der Waals surface area contributed by atoms with Gasteiger partial charge in [0.1, 0.15) is 5.75 Å². The summed E-state index contributed by atoms with van der Waals surface area (Å²) in [5.41, 5.74) is 2.05. The van der Waals surface area contributed by atoms with Gasteiger partial charge in [0, 0.05) is 0 Å². The maximum atomic E-state index is 13.1. The summed E-state index contributed by atoms with van der Waals surface area (Å²) in [6, 6.07) is 17.6. The van der Waals surface area contributed by atoms with Crippen molar-refractivity contribution in [1.29, 1.82) is 0 Å². The van der Waals surface area contributed by atoms with Gasteiger partial charge in [0.2, 0.25) is 5.91 Å². The molecule has 0 bridgehead atoms. The zero-order chi connectivity index (χ0) is 22.3. The molecule has 0 aliphatic carbocycles. The van der Waals surface area contributed by atoms with Crippen LogP contribution in [0.25, 0.3) is 0 Å². The van der Waals surface area contributed by atoms with Gasteiger partial charge in [-0.15, -0.1) is 0 Å². The van der Waals surface area contributed by atoms with Crippen LogP contribution in [0.5, 0.6) is 5.75 Å². The predicted molar refractivity (Wildman–Crippen MR) is 127 cm³/mol. The number of carbonyl (C=O) groups excluding carboxylic acids is 2. The van der Waals surface area contributed by atoms with Crippen molar-refractivity contribution in [2.24, 2.45) is 5.92 Å². The van der Waals surface area contributed by atoms with Crippen molar-refractivity contribution < 1.29 is 14.3 Å². The first-order chi connectivity index (χ1) is 15.7. The van der Waals surface area contributed by atoms with Crippen molar-refractivity contribution in [2.45, 2.75) is 57.9 Å². The highest BCUT2D eigenvalue weighted by Gasteiger charge is 2.43. The highest BCUT2D eigenvalue weighted by atomic mass is 16.5.